The van der Waals surface area contributed by atoms with Crippen LogP contribution in [0.3, 0.4) is 0 Å². The van der Waals surface area contributed by atoms with Crippen LogP contribution in [0.1, 0.15) is 5.56 Å². The summed E-state index contributed by atoms with van der Waals surface area (Å²) in [4.78, 5) is 12.5. The Kier molecular flexibility index (Phi) is 2.34. The zero-order chi connectivity index (χ0) is 9.42. The number of hydrogen-bond acceptors (Lipinski definition) is 2. The summed E-state index contributed by atoms with van der Waals surface area (Å²) in [6.07, 6.45) is 0.512. The number of halogens is 1. The molecule has 0 saturated heterocycles. The highest BCUT2D eigenvalue weighted by Crippen LogP contribution is 2.32. The molecule has 0 spiro atoms. The fraction of sp³-hybridized carbons (Fsp3) is 0.222. The summed E-state index contributed by atoms with van der Waals surface area (Å²) in [7, 11) is 1.80. The highest BCUT2D eigenvalue weighted by Gasteiger charge is 2.20. The van der Waals surface area contributed by atoms with Crippen LogP contribution in [-0.2, 0) is 11.2 Å². The van der Waals surface area contributed by atoms with E-state index in [0.29, 0.717) is 6.42 Å². The predicted molar refractivity (Wildman–Crippen MR) is 56.5 cm³/mol. The van der Waals surface area contributed by atoms with Gasteiger partial charge in [-0.3, -0.25) is 9.10 Å². The second kappa shape index (κ2) is 3.35. The zero-order valence-electron chi connectivity index (χ0n) is 7.08. The first-order valence-corrected chi connectivity index (χ1v) is 5.46. The number of rotatable bonds is 0. The number of fused-ring (bicyclic) bond motifs is 1. The molecule has 4 heteroatoms. The van der Waals surface area contributed by atoms with Crippen LogP contribution >= 0.6 is 27.9 Å². The maximum Gasteiger partial charge on any atom is 0.236 e. The van der Waals surface area contributed by atoms with E-state index in [9.17, 15) is 4.79 Å². The van der Waals surface area contributed by atoms with Gasteiger partial charge >= 0.3 is 0 Å². The zero-order valence-corrected chi connectivity index (χ0v) is 9.48. The van der Waals surface area contributed by atoms with E-state index in [1.54, 1.807) is 11.4 Å². The van der Waals surface area contributed by atoms with Crippen molar-refractivity contribution in [3.8, 4) is 0 Å². The number of carbonyl (C=O) groups excluding carboxylic acids is 1. The molecule has 1 aromatic rings. The molecule has 2 nitrogen and oxygen atoms in total. The highest BCUT2D eigenvalue weighted by atomic mass is 79.9. The Labute approximate surface area is 89.6 Å². The number of amides is 1. The minimum Gasteiger partial charge on any atom is -0.285 e. The molecule has 0 unspecified atom stereocenters. The number of likely N-dealkylation sites (N-methyl/N-ethyl adjacent to an activating group) is 1. The quantitative estimate of drug-likeness (QED) is 0.666. The van der Waals surface area contributed by atoms with Crippen LogP contribution in [0.2, 0.25) is 0 Å². The standard InChI is InChI=1S/C9H8BrNOS/c1-11-9(12)5-6-4-7(10)2-3-8(6)13-11/h2-4H,5H2,1H3. The molecule has 1 amide bonds. The Morgan fingerprint density at radius 2 is 2.31 bits per heavy atom. The van der Waals surface area contributed by atoms with Crippen LogP contribution in [0, 0.1) is 0 Å². The van der Waals surface area contributed by atoms with Gasteiger partial charge in [0.15, 0.2) is 0 Å². The van der Waals surface area contributed by atoms with Gasteiger partial charge in [-0.15, -0.1) is 0 Å². The average molecular weight is 258 g/mol. The second-order valence-corrected chi connectivity index (χ2v) is 5.00. The van der Waals surface area contributed by atoms with Crippen LogP contribution in [0.25, 0.3) is 0 Å². The van der Waals surface area contributed by atoms with E-state index in [1.807, 2.05) is 18.2 Å². The molecule has 0 radical (unpaired) electrons. The Morgan fingerprint density at radius 3 is 3.08 bits per heavy atom. The lowest BCUT2D eigenvalue weighted by molar-refractivity contribution is -0.124. The van der Waals surface area contributed by atoms with E-state index in [4.69, 9.17) is 0 Å². The van der Waals surface area contributed by atoms with Crippen molar-refractivity contribution in [1.29, 1.82) is 0 Å². The van der Waals surface area contributed by atoms with E-state index >= 15 is 0 Å². The molecule has 2 rings (SSSR count). The highest BCUT2D eigenvalue weighted by molar-refractivity contribution is 9.10. The van der Waals surface area contributed by atoms with Crippen molar-refractivity contribution in [3.63, 3.8) is 0 Å². The van der Waals surface area contributed by atoms with Crippen molar-refractivity contribution >= 4 is 33.8 Å². The van der Waals surface area contributed by atoms with Crippen molar-refractivity contribution in [2.24, 2.45) is 0 Å². The number of nitrogens with zero attached hydrogens (tertiary/aromatic N) is 1. The first-order valence-electron chi connectivity index (χ1n) is 3.90. The molecule has 68 valence electrons. The van der Waals surface area contributed by atoms with Crippen molar-refractivity contribution < 1.29 is 4.79 Å². The van der Waals surface area contributed by atoms with Crippen molar-refractivity contribution in [2.45, 2.75) is 11.3 Å². The third kappa shape index (κ3) is 1.74. The molecule has 0 saturated carbocycles. The average Bonchev–Trinajstić information content (AvgIpc) is 2.08. The van der Waals surface area contributed by atoms with Gasteiger partial charge in [-0.05, 0) is 35.7 Å². The molecule has 13 heavy (non-hydrogen) atoms. The molecule has 1 aromatic carbocycles. The summed E-state index contributed by atoms with van der Waals surface area (Å²) in [5.74, 6) is 0.163. The summed E-state index contributed by atoms with van der Waals surface area (Å²) in [6.45, 7) is 0. The van der Waals surface area contributed by atoms with Crippen LogP contribution in [-0.4, -0.2) is 17.3 Å². The summed E-state index contributed by atoms with van der Waals surface area (Å²) >= 11 is 4.88. The predicted octanol–water partition coefficient (Wildman–Crippen LogP) is 2.47. The van der Waals surface area contributed by atoms with Gasteiger partial charge in [0.05, 0.1) is 6.42 Å². The van der Waals surface area contributed by atoms with Gasteiger partial charge in [0.2, 0.25) is 5.91 Å². The lowest BCUT2D eigenvalue weighted by Crippen LogP contribution is -2.25. The third-order valence-corrected chi connectivity index (χ3v) is 3.52. The second-order valence-electron chi connectivity index (χ2n) is 2.91. The van der Waals surface area contributed by atoms with Crippen LogP contribution in [0.5, 0.6) is 0 Å². The van der Waals surface area contributed by atoms with Gasteiger partial charge in [-0.25, -0.2) is 0 Å². The van der Waals surface area contributed by atoms with Crippen LogP contribution < -0.4 is 0 Å². The molecule has 0 atom stereocenters. The number of benzene rings is 1. The molecule has 0 bridgehead atoms. The Bertz CT molecular complexity index is 367. The SMILES string of the molecule is CN1Sc2ccc(Br)cc2CC1=O. The molecule has 0 aromatic heterocycles. The fourth-order valence-corrected chi connectivity index (χ4v) is 2.50. The van der Waals surface area contributed by atoms with Crippen LogP contribution in [0.15, 0.2) is 27.6 Å². The maximum atomic E-state index is 11.4. The summed E-state index contributed by atoms with van der Waals surface area (Å²) in [5.41, 5.74) is 1.11. The number of hydrogen-bond donors (Lipinski definition) is 0. The smallest absolute Gasteiger partial charge is 0.236 e. The Morgan fingerprint density at radius 1 is 1.54 bits per heavy atom. The van der Waals surface area contributed by atoms with Crippen molar-refractivity contribution in [2.75, 3.05) is 7.05 Å². The normalized spacial score (nSPS) is 15.8. The molecule has 0 aliphatic carbocycles. The van der Waals surface area contributed by atoms with Crippen LogP contribution in [0.4, 0.5) is 0 Å². The molecule has 1 aliphatic rings. The molecule has 0 N–H and O–H groups in total. The van der Waals surface area contributed by atoms with Gasteiger partial charge in [-0.2, -0.15) is 0 Å². The van der Waals surface area contributed by atoms with E-state index in [2.05, 4.69) is 15.9 Å². The summed E-state index contributed by atoms with van der Waals surface area (Å²) < 4.78 is 2.71. The van der Waals surface area contributed by atoms with Gasteiger partial charge in [0.25, 0.3) is 0 Å². The molecular weight excluding hydrogens is 250 g/mol. The van der Waals surface area contributed by atoms with E-state index in [-0.39, 0.29) is 5.91 Å². The minimum atomic E-state index is 0.163. The lowest BCUT2D eigenvalue weighted by atomic mass is 10.1. The largest absolute Gasteiger partial charge is 0.285 e. The van der Waals surface area contributed by atoms with Gasteiger partial charge in [-0.1, -0.05) is 15.9 Å². The maximum absolute atomic E-state index is 11.4. The molecule has 1 heterocycles. The van der Waals surface area contributed by atoms with Gasteiger partial charge < -0.3 is 0 Å². The van der Waals surface area contributed by atoms with Gasteiger partial charge in [0, 0.05) is 16.4 Å². The molecular formula is C9H8BrNOS. The van der Waals surface area contributed by atoms with E-state index in [1.165, 1.54) is 16.8 Å². The van der Waals surface area contributed by atoms with Crippen molar-refractivity contribution in [1.82, 2.24) is 4.31 Å². The third-order valence-electron chi connectivity index (χ3n) is 1.95. The van der Waals surface area contributed by atoms with Gasteiger partial charge in [0.1, 0.15) is 0 Å². The summed E-state index contributed by atoms with van der Waals surface area (Å²) in [6, 6.07) is 6.04. The number of carbonyl (C=O) groups is 1. The topological polar surface area (TPSA) is 20.3 Å². The first kappa shape index (κ1) is 9.09. The lowest BCUT2D eigenvalue weighted by Gasteiger charge is -2.23. The van der Waals surface area contributed by atoms with E-state index in [0.717, 1.165) is 10.0 Å². The van der Waals surface area contributed by atoms with E-state index < -0.39 is 0 Å². The molecule has 0 fully saturated rings. The molecule has 1 aliphatic heterocycles. The fourth-order valence-electron chi connectivity index (χ4n) is 1.25. The Balaban J connectivity index is 2.42. The first-order chi connectivity index (χ1) is 6.16. The minimum absolute atomic E-state index is 0.163. The van der Waals surface area contributed by atoms with Crippen molar-refractivity contribution in [3.05, 3.63) is 28.2 Å². The Hall–Kier alpha value is -0.480. The monoisotopic (exact) mass is 257 g/mol. The summed E-state index contributed by atoms with van der Waals surface area (Å²) in [5, 5.41) is 0.